The monoisotopic (exact) mass is 337 g/mol. The number of para-hydroxylation sites is 1. The summed E-state index contributed by atoms with van der Waals surface area (Å²) >= 11 is 0. The highest BCUT2D eigenvalue weighted by molar-refractivity contribution is 5.93. The molecule has 0 aliphatic heterocycles. The van der Waals surface area contributed by atoms with Gasteiger partial charge in [0.25, 0.3) is 0 Å². The van der Waals surface area contributed by atoms with E-state index < -0.39 is 0 Å². The van der Waals surface area contributed by atoms with Crippen LogP contribution in [0.4, 0.5) is 5.82 Å². The van der Waals surface area contributed by atoms with Crippen LogP contribution < -0.4 is 5.32 Å². The Morgan fingerprint density at radius 2 is 2.08 bits per heavy atom. The van der Waals surface area contributed by atoms with Crippen molar-refractivity contribution in [2.24, 2.45) is 5.92 Å². The molecule has 2 aromatic heterocycles. The van der Waals surface area contributed by atoms with E-state index >= 15 is 0 Å². The number of aliphatic hydroxyl groups is 1. The van der Waals surface area contributed by atoms with Gasteiger partial charge in [-0.3, -0.25) is 4.79 Å². The van der Waals surface area contributed by atoms with E-state index in [1.54, 1.807) is 10.7 Å². The zero-order valence-electron chi connectivity index (χ0n) is 13.7. The summed E-state index contributed by atoms with van der Waals surface area (Å²) in [6.07, 6.45) is 5.57. The minimum absolute atomic E-state index is 0.0276. The van der Waals surface area contributed by atoms with Gasteiger partial charge in [0.2, 0.25) is 5.91 Å². The van der Waals surface area contributed by atoms with Gasteiger partial charge in [-0.1, -0.05) is 30.4 Å². The molecule has 6 nitrogen and oxygen atoms in total. The molecule has 0 atom stereocenters. The fourth-order valence-electron chi connectivity index (χ4n) is 3.07. The average Bonchev–Trinajstić information content (AvgIpc) is 3.34. The number of furan rings is 1. The zero-order chi connectivity index (χ0) is 17.2. The van der Waals surface area contributed by atoms with E-state index in [0.29, 0.717) is 23.8 Å². The number of carbonyl (C=O) groups is 1. The van der Waals surface area contributed by atoms with E-state index in [9.17, 15) is 9.90 Å². The van der Waals surface area contributed by atoms with E-state index in [1.165, 1.54) is 0 Å². The summed E-state index contributed by atoms with van der Waals surface area (Å²) in [4.78, 5) is 12.4. The molecule has 0 unspecified atom stereocenters. The third-order valence-electron chi connectivity index (χ3n) is 4.40. The van der Waals surface area contributed by atoms with Gasteiger partial charge in [0.1, 0.15) is 17.1 Å². The molecule has 25 heavy (non-hydrogen) atoms. The molecular weight excluding hydrogens is 318 g/mol. The number of nitrogens with one attached hydrogen (secondary N) is 1. The summed E-state index contributed by atoms with van der Waals surface area (Å²) < 4.78 is 7.44. The van der Waals surface area contributed by atoms with E-state index in [-0.39, 0.29) is 18.4 Å². The van der Waals surface area contributed by atoms with Gasteiger partial charge in [-0.2, -0.15) is 5.10 Å². The summed E-state index contributed by atoms with van der Waals surface area (Å²) in [5.41, 5.74) is 1.42. The first-order valence-electron chi connectivity index (χ1n) is 8.38. The number of aliphatic hydroxyl groups excluding tert-OH is 1. The average molecular weight is 337 g/mol. The Morgan fingerprint density at radius 1 is 1.28 bits per heavy atom. The quantitative estimate of drug-likeness (QED) is 0.701. The van der Waals surface area contributed by atoms with Gasteiger partial charge >= 0.3 is 0 Å². The lowest BCUT2D eigenvalue weighted by Crippen LogP contribution is -2.22. The van der Waals surface area contributed by atoms with Crippen molar-refractivity contribution in [1.29, 1.82) is 0 Å². The summed E-state index contributed by atoms with van der Waals surface area (Å²) in [5.74, 6) is 1.14. The number of rotatable bonds is 5. The summed E-state index contributed by atoms with van der Waals surface area (Å²) in [6.45, 7) is 0.244. The van der Waals surface area contributed by atoms with Crippen LogP contribution in [-0.2, 0) is 11.3 Å². The van der Waals surface area contributed by atoms with Crippen molar-refractivity contribution in [3.05, 3.63) is 48.6 Å². The third-order valence-corrected chi connectivity index (χ3v) is 4.40. The fraction of sp³-hybridized carbons (Fsp3) is 0.263. The van der Waals surface area contributed by atoms with Gasteiger partial charge in [0.05, 0.1) is 13.2 Å². The Labute approximate surface area is 144 Å². The highest BCUT2D eigenvalue weighted by Crippen LogP contribution is 2.29. The molecule has 4 rings (SSSR count). The topological polar surface area (TPSA) is 80.3 Å². The lowest BCUT2D eigenvalue weighted by molar-refractivity contribution is -0.119. The minimum atomic E-state index is -0.0604. The lowest BCUT2D eigenvalue weighted by Gasteiger charge is -2.11. The maximum Gasteiger partial charge on any atom is 0.229 e. The van der Waals surface area contributed by atoms with Crippen molar-refractivity contribution in [1.82, 2.24) is 9.78 Å². The molecular formula is C19H19N3O3. The van der Waals surface area contributed by atoms with Gasteiger partial charge in [-0.15, -0.1) is 0 Å². The Morgan fingerprint density at radius 3 is 2.84 bits per heavy atom. The van der Waals surface area contributed by atoms with Crippen LogP contribution in [0.15, 0.2) is 53.0 Å². The van der Waals surface area contributed by atoms with Crippen LogP contribution in [0.2, 0.25) is 0 Å². The normalized spacial score (nSPS) is 14.4. The number of allylic oxidation sites excluding steroid dienone is 2. The van der Waals surface area contributed by atoms with Gasteiger partial charge in [0.15, 0.2) is 5.76 Å². The molecule has 0 bridgehead atoms. The maximum atomic E-state index is 12.4. The molecule has 6 heteroatoms. The number of hydrogen-bond acceptors (Lipinski definition) is 4. The van der Waals surface area contributed by atoms with Crippen LogP contribution in [-0.4, -0.2) is 27.4 Å². The first-order chi connectivity index (χ1) is 12.2. The molecule has 0 radical (unpaired) electrons. The number of amides is 1. The molecule has 128 valence electrons. The highest BCUT2D eigenvalue weighted by Gasteiger charge is 2.21. The van der Waals surface area contributed by atoms with Crippen molar-refractivity contribution in [2.45, 2.75) is 19.4 Å². The second-order valence-electron chi connectivity index (χ2n) is 6.14. The zero-order valence-corrected chi connectivity index (χ0v) is 13.7. The van der Waals surface area contributed by atoms with E-state index in [1.807, 2.05) is 42.5 Å². The number of aromatic nitrogens is 2. The highest BCUT2D eigenvalue weighted by atomic mass is 16.3. The van der Waals surface area contributed by atoms with E-state index in [4.69, 9.17) is 4.42 Å². The van der Waals surface area contributed by atoms with Gasteiger partial charge < -0.3 is 14.8 Å². The predicted octanol–water partition coefficient (Wildman–Crippen LogP) is 3.19. The van der Waals surface area contributed by atoms with Crippen molar-refractivity contribution in [2.75, 3.05) is 11.9 Å². The molecule has 1 aromatic carbocycles. The number of fused-ring (bicyclic) bond motifs is 1. The van der Waals surface area contributed by atoms with E-state index in [2.05, 4.69) is 10.4 Å². The predicted molar refractivity (Wildman–Crippen MR) is 95.0 cm³/mol. The number of nitrogens with zero attached hydrogens (tertiary/aromatic N) is 2. The van der Waals surface area contributed by atoms with Crippen LogP contribution in [0.5, 0.6) is 0 Å². The van der Waals surface area contributed by atoms with Gasteiger partial charge in [-0.05, 0) is 25.0 Å². The molecule has 2 N–H and O–H groups in total. The van der Waals surface area contributed by atoms with Crippen LogP contribution in [0.25, 0.3) is 22.4 Å². The smallest absolute Gasteiger partial charge is 0.229 e. The van der Waals surface area contributed by atoms with Crippen molar-refractivity contribution in [3.63, 3.8) is 0 Å². The molecule has 0 saturated carbocycles. The van der Waals surface area contributed by atoms with Crippen LogP contribution in [0, 0.1) is 5.92 Å². The lowest BCUT2D eigenvalue weighted by atomic mass is 10.1. The summed E-state index contributed by atoms with van der Waals surface area (Å²) in [6, 6.07) is 11.5. The molecule has 3 aromatic rings. The minimum Gasteiger partial charge on any atom is -0.454 e. The van der Waals surface area contributed by atoms with Gasteiger partial charge in [-0.25, -0.2) is 4.68 Å². The Kier molecular flexibility index (Phi) is 4.11. The molecule has 1 aliphatic rings. The first-order valence-corrected chi connectivity index (χ1v) is 8.38. The Balaban J connectivity index is 1.63. The Hall–Kier alpha value is -2.86. The second-order valence-corrected chi connectivity index (χ2v) is 6.14. The largest absolute Gasteiger partial charge is 0.454 e. The Bertz CT molecular complexity index is 897. The number of anilines is 1. The molecule has 1 aliphatic carbocycles. The van der Waals surface area contributed by atoms with E-state index in [0.717, 1.165) is 23.8 Å². The molecule has 1 amide bonds. The molecule has 0 fully saturated rings. The summed E-state index contributed by atoms with van der Waals surface area (Å²) in [7, 11) is 0. The molecule has 2 heterocycles. The maximum absolute atomic E-state index is 12.4. The van der Waals surface area contributed by atoms with Crippen molar-refractivity contribution < 1.29 is 14.3 Å². The van der Waals surface area contributed by atoms with Crippen molar-refractivity contribution >= 4 is 22.7 Å². The SMILES string of the molecule is O=C(Nc1cc(-c2cc3ccccc3o2)nn1CCO)C1CC=CC1. The number of hydrogen-bond donors (Lipinski definition) is 2. The first kappa shape index (κ1) is 15.7. The van der Waals surface area contributed by atoms with Gasteiger partial charge in [0, 0.05) is 17.4 Å². The van der Waals surface area contributed by atoms with Crippen molar-refractivity contribution in [3.8, 4) is 11.5 Å². The van der Waals surface area contributed by atoms with Crippen LogP contribution >= 0.6 is 0 Å². The second kappa shape index (κ2) is 6.57. The molecule has 0 spiro atoms. The fourth-order valence-corrected chi connectivity index (χ4v) is 3.07. The van der Waals surface area contributed by atoms with Crippen LogP contribution in [0.3, 0.4) is 0 Å². The molecule has 0 saturated heterocycles. The number of carbonyl (C=O) groups excluding carboxylic acids is 1. The third kappa shape index (κ3) is 3.08. The van der Waals surface area contributed by atoms with Crippen LogP contribution in [0.1, 0.15) is 12.8 Å². The standard InChI is InChI=1S/C19H19N3O3/c23-10-9-22-18(20-19(24)13-5-1-2-6-13)12-15(21-22)17-11-14-7-3-4-8-16(14)25-17/h1-4,7-8,11-13,23H,5-6,9-10H2,(H,20,24). The summed E-state index contributed by atoms with van der Waals surface area (Å²) in [5, 5.41) is 17.7. The number of benzene rings is 1.